The first kappa shape index (κ1) is 15.4. The maximum absolute atomic E-state index is 6.06. The third kappa shape index (κ3) is 3.47. The second-order valence-electron chi connectivity index (χ2n) is 6.02. The van der Waals surface area contributed by atoms with Crippen LogP contribution in [0.15, 0.2) is 22.8 Å². The highest BCUT2D eigenvalue weighted by Gasteiger charge is 2.43. The van der Waals surface area contributed by atoms with E-state index in [0.29, 0.717) is 12.0 Å². The topological polar surface area (TPSA) is 43.4 Å². The molecule has 2 aliphatic heterocycles. The average Bonchev–Trinajstić information content (AvgIpc) is 2.94. The van der Waals surface area contributed by atoms with E-state index in [1.54, 1.807) is 0 Å². The molecule has 1 spiro atoms. The van der Waals surface area contributed by atoms with Gasteiger partial charge in [-0.1, -0.05) is 6.92 Å². The Morgan fingerprint density at radius 2 is 2.38 bits per heavy atom. The first-order valence-electron chi connectivity index (χ1n) is 7.79. The van der Waals surface area contributed by atoms with Crippen LogP contribution in [0.5, 0.6) is 0 Å². The fourth-order valence-corrected chi connectivity index (χ4v) is 3.75. The van der Waals surface area contributed by atoms with Crippen molar-refractivity contribution in [3.05, 3.63) is 28.5 Å². The summed E-state index contributed by atoms with van der Waals surface area (Å²) >= 11 is 3.46. The summed E-state index contributed by atoms with van der Waals surface area (Å²) in [5.41, 5.74) is 1.08. The van der Waals surface area contributed by atoms with Gasteiger partial charge in [0, 0.05) is 30.3 Å². The number of hydrogen-bond acceptors (Lipinski definition) is 4. The van der Waals surface area contributed by atoms with Crippen molar-refractivity contribution in [1.29, 1.82) is 0 Å². The molecule has 0 saturated carbocycles. The van der Waals surface area contributed by atoms with Crippen molar-refractivity contribution >= 4 is 15.9 Å². The van der Waals surface area contributed by atoms with Gasteiger partial charge in [-0.2, -0.15) is 0 Å². The molecule has 3 heterocycles. The lowest BCUT2D eigenvalue weighted by atomic mass is 9.80. The van der Waals surface area contributed by atoms with Crippen molar-refractivity contribution < 1.29 is 9.47 Å². The molecule has 3 unspecified atom stereocenters. The van der Waals surface area contributed by atoms with E-state index in [-0.39, 0.29) is 5.60 Å². The Balaban J connectivity index is 1.78. The van der Waals surface area contributed by atoms with Crippen molar-refractivity contribution in [1.82, 2.24) is 10.3 Å². The summed E-state index contributed by atoms with van der Waals surface area (Å²) in [6, 6.07) is 4.48. The summed E-state index contributed by atoms with van der Waals surface area (Å²) in [4.78, 5) is 4.61. The molecule has 1 aromatic heterocycles. The van der Waals surface area contributed by atoms with Crippen molar-refractivity contribution in [3.63, 3.8) is 0 Å². The van der Waals surface area contributed by atoms with Crippen molar-refractivity contribution in [2.45, 2.75) is 37.8 Å². The quantitative estimate of drug-likeness (QED) is 0.902. The van der Waals surface area contributed by atoms with Crippen molar-refractivity contribution in [2.75, 3.05) is 26.4 Å². The molecule has 2 saturated heterocycles. The first-order chi connectivity index (χ1) is 10.2. The van der Waals surface area contributed by atoms with E-state index in [1.165, 1.54) is 0 Å². The highest BCUT2D eigenvalue weighted by molar-refractivity contribution is 9.10. The van der Waals surface area contributed by atoms with Gasteiger partial charge in [0.05, 0.1) is 23.9 Å². The molecule has 3 atom stereocenters. The summed E-state index contributed by atoms with van der Waals surface area (Å²) in [5, 5.41) is 3.62. The zero-order valence-corrected chi connectivity index (χ0v) is 14.1. The molecule has 0 amide bonds. The molecule has 0 aromatic carbocycles. The Bertz CT molecular complexity index is 460. The molecule has 5 heteroatoms. The Hall–Kier alpha value is -0.490. The second kappa shape index (κ2) is 6.73. The number of ether oxygens (including phenoxy) is 2. The maximum Gasteiger partial charge on any atom is 0.0940 e. The number of nitrogens with one attached hydrogen (secondary N) is 1. The predicted octanol–water partition coefficient (Wildman–Crippen LogP) is 3.08. The van der Waals surface area contributed by atoms with Gasteiger partial charge in [0.1, 0.15) is 0 Å². The third-order valence-corrected chi connectivity index (χ3v) is 5.03. The Kier molecular flexibility index (Phi) is 4.94. The fourth-order valence-electron chi connectivity index (χ4n) is 3.52. The van der Waals surface area contributed by atoms with Crippen LogP contribution in [0.25, 0.3) is 0 Å². The standard InChI is InChI=1S/C16H23BrN2O2/c1-2-18-15(14-4-3-13(17)10-19-14)12-5-7-21-16(9-12)6-8-20-11-16/h3-4,10,12,15,18H,2,5-9,11H2,1H3. The maximum atomic E-state index is 6.06. The van der Waals surface area contributed by atoms with Gasteiger partial charge in [-0.15, -0.1) is 0 Å². The highest BCUT2D eigenvalue weighted by Crippen LogP contribution is 2.40. The summed E-state index contributed by atoms with van der Waals surface area (Å²) < 4.78 is 12.7. The molecular weight excluding hydrogens is 332 g/mol. The zero-order valence-electron chi connectivity index (χ0n) is 12.5. The van der Waals surface area contributed by atoms with Crippen molar-refractivity contribution in [3.8, 4) is 0 Å². The van der Waals surface area contributed by atoms with Crippen molar-refractivity contribution in [2.24, 2.45) is 5.92 Å². The van der Waals surface area contributed by atoms with E-state index in [0.717, 1.165) is 55.8 Å². The number of pyridine rings is 1. The number of hydrogen-bond donors (Lipinski definition) is 1. The van der Waals surface area contributed by atoms with Crippen LogP contribution in [-0.2, 0) is 9.47 Å². The number of aromatic nitrogens is 1. The molecule has 2 fully saturated rings. The molecule has 2 aliphatic rings. The van der Waals surface area contributed by atoms with Gasteiger partial charge in [-0.3, -0.25) is 4.98 Å². The van der Waals surface area contributed by atoms with Crippen LogP contribution in [0.1, 0.15) is 37.9 Å². The molecule has 1 aromatic rings. The van der Waals surface area contributed by atoms with Gasteiger partial charge < -0.3 is 14.8 Å². The molecule has 1 N–H and O–H groups in total. The first-order valence-corrected chi connectivity index (χ1v) is 8.58. The minimum atomic E-state index is -0.0497. The van der Waals surface area contributed by atoms with E-state index in [4.69, 9.17) is 9.47 Å². The SMILES string of the molecule is CCNC(c1ccc(Br)cn1)C1CCOC2(CCOC2)C1. The number of rotatable bonds is 4. The molecule has 0 bridgehead atoms. The van der Waals surface area contributed by atoms with Gasteiger partial charge in [-0.25, -0.2) is 0 Å². The summed E-state index contributed by atoms with van der Waals surface area (Å²) in [6.07, 6.45) is 5.04. The van der Waals surface area contributed by atoms with Crippen LogP contribution in [0.2, 0.25) is 0 Å². The van der Waals surface area contributed by atoms with E-state index in [2.05, 4.69) is 45.3 Å². The molecule has 4 nitrogen and oxygen atoms in total. The summed E-state index contributed by atoms with van der Waals surface area (Å²) in [5.74, 6) is 0.550. The smallest absolute Gasteiger partial charge is 0.0940 e. The fraction of sp³-hybridized carbons (Fsp3) is 0.688. The van der Waals surface area contributed by atoms with Crippen LogP contribution in [-0.4, -0.2) is 37.0 Å². The van der Waals surface area contributed by atoms with Gasteiger partial charge in [0.25, 0.3) is 0 Å². The Labute approximate surface area is 134 Å². The third-order valence-electron chi connectivity index (χ3n) is 4.56. The van der Waals surface area contributed by atoms with Gasteiger partial charge in [-0.05, 0) is 53.4 Å². The van der Waals surface area contributed by atoms with Crippen LogP contribution >= 0.6 is 15.9 Å². The highest BCUT2D eigenvalue weighted by atomic mass is 79.9. The zero-order chi connectivity index (χ0) is 14.7. The lowest BCUT2D eigenvalue weighted by molar-refractivity contribution is -0.103. The number of halogens is 1. The molecule has 21 heavy (non-hydrogen) atoms. The summed E-state index contributed by atoms with van der Waals surface area (Å²) in [7, 11) is 0. The minimum Gasteiger partial charge on any atom is -0.378 e. The van der Waals surface area contributed by atoms with Crippen LogP contribution in [0, 0.1) is 5.92 Å². The second-order valence-corrected chi connectivity index (χ2v) is 6.94. The van der Waals surface area contributed by atoms with E-state index < -0.39 is 0 Å². The van der Waals surface area contributed by atoms with E-state index in [9.17, 15) is 0 Å². The monoisotopic (exact) mass is 354 g/mol. The van der Waals surface area contributed by atoms with Crippen LogP contribution in [0.4, 0.5) is 0 Å². The van der Waals surface area contributed by atoms with Gasteiger partial charge in [0.15, 0.2) is 0 Å². The lowest BCUT2D eigenvalue weighted by Crippen LogP contribution is -2.44. The largest absolute Gasteiger partial charge is 0.378 e. The molecule has 116 valence electrons. The molecular formula is C16H23BrN2O2. The summed E-state index contributed by atoms with van der Waals surface area (Å²) in [6.45, 7) is 5.50. The van der Waals surface area contributed by atoms with E-state index >= 15 is 0 Å². The van der Waals surface area contributed by atoms with Crippen LogP contribution in [0.3, 0.4) is 0 Å². The molecule has 3 rings (SSSR count). The lowest BCUT2D eigenvalue weighted by Gasteiger charge is -2.40. The molecule has 0 aliphatic carbocycles. The van der Waals surface area contributed by atoms with Gasteiger partial charge in [0.2, 0.25) is 0 Å². The Morgan fingerprint density at radius 1 is 1.48 bits per heavy atom. The number of nitrogens with zero attached hydrogens (tertiary/aromatic N) is 1. The molecule has 0 radical (unpaired) electrons. The van der Waals surface area contributed by atoms with E-state index in [1.807, 2.05) is 6.20 Å². The minimum absolute atomic E-state index is 0.0497. The van der Waals surface area contributed by atoms with Gasteiger partial charge >= 0.3 is 0 Å². The average molecular weight is 355 g/mol. The Morgan fingerprint density at radius 3 is 3.05 bits per heavy atom. The van der Waals surface area contributed by atoms with Crippen LogP contribution < -0.4 is 5.32 Å². The predicted molar refractivity (Wildman–Crippen MR) is 85.2 cm³/mol. The normalized spacial score (nSPS) is 30.7.